The fourth-order valence-corrected chi connectivity index (χ4v) is 5.55. The van der Waals surface area contributed by atoms with E-state index in [1.807, 2.05) is 42.3 Å². The summed E-state index contributed by atoms with van der Waals surface area (Å²) >= 11 is 0. The van der Waals surface area contributed by atoms with Gasteiger partial charge in [-0.15, -0.1) is 0 Å². The quantitative estimate of drug-likeness (QED) is 0.186. The molecule has 3 atom stereocenters. The summed E-state index contributed by atoms with van der Waals surface area (Å²) in [7, 11) is 3.48. The van der Waals surface area contributed by atoms with Gasteiger partial charge in [-0.25, -0.2) is 0 Å². The molecule has 4 N–H and O–H groups in total. The molecule has 0 spiro atoms. The van der Waals surface area contributed by atoms with Gasteiger partial charge in [0, 0.05) is 19.2 Å². The summed E-state index contributed by atoms with van der Waals surface area (Å²) in [6, 6.07) is 12.5. The zero-order chi connectivity index (χ0) is 27.1. The standard InChI is InChI=1S/C31H42N2O5/c1-33(30(36)11-9-22-4-3-5-27(18-22)38-2)26-13-16-31(37,15-12-23-8-10-28(34)29(35)19-23)25(20-26)14-17-32-21-24-6-7-24/h3-5,8-11,18-19,24-26,32,34-35,37H,6-7,12-17,20-21H2,1-2H3/b11-9+. The number of likely N-dealkylation sites (N-methyl/N-ethyl adjacent to an activating group) is 1. The summed E-state index contributed by atoms with van der Waals surface area (Å²) < 4.78 is 5.27. The molecule has 38 heavy (non-hydrogen) atoms. The fourth-order valence-electron chi connectivity index (χ4n) is 5.55. The van der Waals surface area contributed by atoms with Crippen molar-refractivity contribution in [2.45, 2.75) is 63.0 Å². The number of hydrogen-bond acceptors (Lipinski definition) is 6. The van der Waals surface area contributed by atoms with Crippen LogP contribution in [0.15, 0.2) is 48.5 Å². The molecule has 4 rings (SSSR count). The predicted molar refractivity (Wildman–Crippen MR) is 149 cm³/mol. The maximum Gasteiger partial charge on any atom is 0.246 e. The van der Waals surface area contributed by atoms with Gasteiger partial charge in [-0.1, -0.05) is 18.2 Å². The molecule has 0 saturated heterocycles. The van der Waals surface area contributed by atoms with Crippen molar-refractivity contribution < 1.29 is 24.9 Å². The number of nitrogens with one attached hydrogen (secondary N) is 1. The second-order valence-electron chi connectivity index (χ2n) is 11.0. The summed E-state index contributed by atoms with van der Waals surface area (Å²) in [5.74, 6) is 1.28. The van der Waals surface area contributed by atoms with Crippen LogP contribution in [0.2, 0.25) is 0 Å². The summed E-state index contributed by atoms with van der Waals surface area (Å²) in [5, 5.41) is 34.9. The molecule has 2 aliphatic rings. The lowest BCUT2D eigenvalue weighted by Gasteiger charge is -2.45. The Morgan fingerprint density at radius 3 is 2.71 bits per heavy atom. The Balaban J connectivity index is 1.39. The molecule has 2 aromatic rings. The second kappa shape index (κ2) is 12.7. The molecule has 7 nitrogen and oxygen atoms in total. The molecule has 1 amide bonds. The lowest BCUT2D eigenvalue weighted by molar-refractivity contribution is -0.131. The average Bonchev–Trinajstić information content (AvgIpc) is 3.75. The number of ether oxygens (including phenoxy) is 1. The third-order valence-corrected chi connectivity index (χ3v) is 8.32. The number of hydrogen-bond donors (Lipinski definition) is 4. The normalized spacial score (nSPS) is 23.4. The minimum absolute atomic E-state index is 0.0477. The van der Waals surface area contributed by atoms with Crippen molar-refractivity contribution >= 4 is 12.0 Å². The van der Waals surface area contributed by atoms with Gasteiger partial charge in [0.1, 0.15) is 5.75 Å². The first-order chi connectivity index (χ1) is 18.3. The number of nitrogens with zero attached hydrogens (tertiary/aromatic N) is 1. The largest absolute Gasteiger partial charge is 0.504 e. The van der Waals surface area contributed by atoms with E-state index in [1.165, 1.54) is 18.9 Å². The first-order valence-electron chi connectivity index (χ1n) is 13.8. The second-order valence-corrected chi connectivity index (χ2v) is 11.0. The maximum atomic E-state index is 13.0. The highest BCUT2D eigenvalue weighted by molar-refractivity contribution is 5.91. The van der Waals surface area contributed by atoms with Crippen LogP contribution >= 0.6 is 0 Å². The maximum absolute atomic E-state index is 13.0. The van der Waals surface area contributed by atoms with Crippen molar-refractivity contribution in [3.8, 4) is 17.2 Å². The summed E-state index contributed by atoms with van der Waals surface area (Å²) in [6.07, 6.45) is 10.2. The molecular formula is C31H42N2O5. The summed E-state index contributed by atoms with van der Waals surface area (Å²) in [6.45, 7) is 1.89. The number of phenols is 2. The molecule has 0 aliphatic heterocycles. The Bertz CT molecular complexity index is 1120. The van der Waals surface area contributed by atoms with Crippen molar-refractivity contribution in [3.05, 3.63) is 59.7 Å². The Morgan fingerprint density at radius 1 is 1.16 bits per heavy atom. The molecule has 3 unspecified atom stereocenters. The van der Waals surface area contributed by atoms with Crippen LogP contribution in [0, 0.1) is 11.8 Å². The molecule has 2 fully saturated rings. The molecule has 0 radical (unpaired) electrons. The molecule has 2 saturated carbocycles. The van der Waals surface area contributed by atoms with Crippen molar-refractivity contribution in [2.75, 3.05) is 27.2 Å². The highest BCUT2D eigenvalue weighted by Gasteiger charge is 2.42. The zero-order valence-corrected chi connectivity index (χ0v) is 22.6. The van der Waals surface area contributed by atoms with Crippen molar-refractivity contribution in [2.24, 2.45) is 11.8 Å². The van der Waals surface area contributed by atoms with Gasteiger partial charge in [-0.3, -0.25) is 4.79 Å². The van der Waals surface area contributed by atoms with E-state index in [-0.39, 0.29) is 29.4 Å². The molecule has 2 aliphatic carbocycles. The van der Waals surface area contributed by atoms with Gasteiger partial charge < -0.3 is 30.3 Å². The van der Waals surface area contributed by atoms with Gasteiger partial charge in [0.2, 0.25) is 5.91 Å². The van der Waals surface area contributed by atoms with Gasteiger partial charge in [-0.05, 0) is 118 Å². The molecule has 2 aromatic carbocycles. The number of carbonyl (C=O) groups excluding carboxylic acids is 1. The molecule has 206 valence electrons. The lowest BCUT2D eigenvalue weighted by atomic mass is 9.69. The summed E-state index contributed by atoms with van der Waals surface area (Å²) in [4.78, 5) is 14.9. The average molecular weight is 523 g/mol. The Kier molecular flexibility index (Phi) is 9.34. The topological polar surface area (TPSA) is 102 Å². The lowest BCUT2D eigenvalue weighted by Crippen LogP contribution is -2.50. The van der Waals surface area contributed by atoms with E-state index in [0.29, 0.717) is 19.3 Å². The molecule has 7 heteroatoms. The minimum Gasteiger partial charge on any atom is -0.504 e. The van der Waals surface area contributed by atoms with Gasteiger partial charge in [-0.2, -0.15) is 0 Å². The molecule has 0 heterocycles. The van der Waals surface area contributed by atoms with Crippen LogP contribution in [0.25, 0.3) is 6.08 Å². The van der Waals surface area contributed by atoms with Crippen LogP contribution in [-0.2, 0) is 11.2 Å². The van der Waals surface area contributed by atoms with Crippen molar-refractivity contribution in [1.82, 2.24) is 10.2 Å². The number of methoxy groups -OCH3 is 1. The Labute approximate surface area is 226 Å². The van der Waals surface area contributed by atoms with Crippen molar-refractivity contribution in [1.29, 1.82) is 0 Å². The van der Waals surface area contributed by atoms with E-state index in [0.717, 1.165) is 55.1 Å². The number of aliphatic hydroxyl groups is 1. The van der Waals surface area contributed by atoms with E-state index in [4.69, 9.17) is 4.74 Å². The number of carbonyl (C=O) groups is 1. The third-order valence-electron chi connectivity index (χ3n) is 8.32. The van der Waals surface area contributed by atoms with Gasteiger partial charge >= 0.3 is 0 Å². The molecule has 0 aromatic heterocycles. The van der Waals surface area contributed by atoms with Crippen LogP contribution in [0.3, 0.4) is 0 Å². The van der Waals surface area contributed by atoms with E-state index >= 15 is 0 Å². The number of phenolic OH excluding ortho intramolecular Hbond substituents is 2. The van der Waals surface area contributed by atoms with Crippen LogP contribution in [0.4, 0.5) is 0 Å². The van der Waals surface area contributed by atoms with Crippen LogP contribution in [0.5, 0.6) is 17.2 Å². The first-order valence-corrected chi connectivity index (χ1v) is 13.8. The first kappa shape index (κ1) is 28.0. The van der Waals surface area contributed by atoms with Gasteiger partial charge in [0.05, 0.1) is 12.7 Å². The highest BCUT2D eigenvalue weighted by Crippen LogP contribution is 2.41. The van der Waals surface area contributed by atoms with E-state index in [9.17, 15) is 20.1 Å². The number of aromatic hydroxyl groups is 2. The number of amides is 1. The minimum atomic E-state index is -0.842. The predicted octanol–water partition coefficient (Wildman–Crippen LogP) is 4.50. The number of rotatable bonds is 12. The van der Waals surface area contributed by atoms with Crippen LogP contribution in [0.1, 0.15) is 56.1 Å². The van der Waals surface area contributed by atoms with Crippen molar-refractivity contribution in [3.63, 3.8) is 0 Å². The molecular weight excluding hydrogens is 480 g/mol. The Hall–Kier alpha value is -3.03. The van der Waals surface area contributed by atoms with E-state index < -0.39 is 5.60 Å². The van der Waals surface area contributed by atoms with E-state index in [2.05, 4.69) is 5.32 Å². The SMILES string of the molecule is COc1cccc(/C=C/C(=O)N(C)C2CCC(O)(CCc3ccc(O)c(O)c3)C(CCNCC3CC3)C2)c1. The Morgan fingerprint density at radius 2 is 1.97 bits per heavy atom. The van der Waals surface area contributed by atoms with Gasteiger partial charge in [0.25, 0.3) is 0 Å². The van der Waals surface area contributed by atoms with Crippen LogP contribution in [-0.4, -0.2) is 65.0 Å². The third kappa shape index (κ3) is 7.51. The summed E-state index contributed by atoms with van der Waals surface area (Å²) in [5.41, 5.74) is 0.950. The monoisotopic (exact) mass is 522 g/mol. The number of aryl methyl sites for hydroxylation is 1. The molecule has 0 bridgehead atoms. The van der Waals surface area contributed by atoms with Crippen LogP contribution < -0.4 is 10.1 Å². The highest BCUT2D eigenvalue weighted by atomic mass is 16.5. The van der Waals surface area contributed by atoms with E-state index in [1.54, 1.807) is 25.3 Å². The zero-order valence-electron chi connectivity index (χ0n) is 22.6. The number of benzene rings is 2. The fraction of sp³-hybridized carbons (Fsp3) is 0.516. The smallest absolute Gasteiger partial charge is 0.246 e. The van der Waals surface area contributed by atoms with Gasteiger partial charge in [0.15, 0.2) is 11.5 Å².